The third-order valence-corrected chi connectivity index (χ3v) is 4.06. The Bertz CT molecular complexity index is 1100. The average Bonchev–Trinajstić information content (AvgIpc) is 3.17. The lowest BCUT2D eigenvalue weighted by Crippen LogP contribution is -2.28. The Labute approximate surface area is 160 Å². The molecule has 0 saturated carbocycles. The third kappa shape index (κ3) is 3.30. The quantitative estimate of drug-likeness (QED) is 0.574. The normalized spacial score (nSPS) is 10.6. The van der Waals surface area contributed by atoms with E-state index in [0.29, 0.717) is 22.5 Å². The lowest BCUT2D eigenvalue weighted by atomic mass is 10.2. The Morgan fingerprint density at radius 2 is 1.57 bits per heavy atom. The number of aromatic nitrogens is 4. The number of rotatable bonds is 4. The van der Waals surface area contributed by atoms with Crippen LogP contribution in [0.4, 0.5) is 17.3 Å². The van der Waals surface area contributed by atoms with Gasteiger partial charge in [0.25, 0.3) is 5.91 Å². The monoisotopic (exact) mass is 373 g/mol. The van der Waals surface area contributed by atoms with Crippen molar-refractivity contribution in [1.29, 1.82) is 0 Å². The van der Waals surface area contributed by atoms with Gasteiger partial charge in [0.15, 0.2) is 12.0 Å². The molecular formula is C20H17N6O2+. The molecule has 8 heteroatoms. The summed E-state index contributed by atoms with van der Waals surface area (Å²) >= 11 is 0. The maximum absolute atomic E-state index is 13.6. The summed E-state index contributed by atoms with van der Waals surface area (Å²) in [5.41, 5.74) is 2.41. The standard InChI is InChI=1S/C20H16N6O2/c1-13(27)23-20-24-17(16-18(25-20)22-12-21-16)19(28)26(14-8-4-2-5-9-14)15-10-6-3-7-11-15/h2-12H,1H3,(H2,21,22,23,24,25,27)/p+1. The van der Waals surface area contributed by atoms with E-state index in [1.807, 2.05) is 60.7 Å². The maximum Gasteiger partial charge on any atom is 0.307 e. The second-order valence-corrected chi connectivity index (χ2v) is 6.05. The summed E-state index contributed by atoms with van der Waals surface area (Å²) in [5.74, 6) is -0.621. The molecule has 0 radical (unpaired) electrons. The molecule has 28 heavy (non-hydrogen) atoms. The molecule has 4 rings (SSSR count). The van der Waals surface area contributed by atoms with Crippen molar-refractivity contribution in [2.75, 3.05) is 10.2 Å². The zero-order valence-corrected chi connectivity index (χ0v) is 15.0. The van der Waals surface area contributed by atoms with Crippen molar-refractivity contribution in [3.63, 3.8) is 0 Å². The Morgan fingerprint density at radius 1 is 0.964 bits per heavy atom. The number of nitrogens with one attached hydrogen (secondary N) is 3. The maximum atomic E-state index is 13.6. The molecule has 4 aromatic rings. The van der Waals surface area contributed by atoms with Crippen LogP contribution >= 0.6 is 0 Å². The van der Waals surface area contributed by atoms with Crippen LogP contribution in [0, 0.1) is 0 Å². The summed E-state index contributed by atoms with van der Waals surface area (Å²) in [6.45, 7) is 1.36. The number of H-pyrrole nitrogens is 2. The van der Waals surface area contributed by atoms with E-state index in [0.717, 1.165) is 0 Å². The van der Waals surface area contributed by atoms with Crippen molar-refractivity contribution >= 4 is 40.3 Å². The fraction of sp³-hybridized carbons (Fsp3) is 0.0500. The number of fused-ring (bicyclic) bond motifs is 1. The fourth-order valence-corrected chi connectivity index (χ4v) is 2.89. The van der Waals surface area contributed by atoms with E-state index in [1.165, 1.54) is 6.92 Å². The molecule has 0 aliphatic rings. The molecule has 0 unspecified atom stereocenters. The van der Waals surface area contributed by atoms with Crippen LogP contribution in [0.5, 0.6) is 0 Å². The SMILES string of the molecule is CC(=O)Nc1nc(C(=O)N(c2ccccc2)c2ccccc2)c2[nH]c[nH+]c2n1. The van der Waals surface area contributed by atoms with Crippen LogP contribution in [0.15, 0.2) is 67.0 Å². The number of para-hydroxylation sites is 2. The first-order valence-corrected chi connectivity index (χ1v) is 8.62. The van der Waals surface area contributed by atoms with Gasteiger partial charge in [-0.15, -0.1) is 0 Å². The molecule has 138 valence electrons. The predicted molar refractivity (Wildman–Crippen MR) is 104 cm³/mol. The summed E-state index contributed by atoms with van der Waals surface area (Å²) in [5, 5.41) is 2.53. The van der Waals surface area contributed by atoms with Gasteiger partial charge in [-0.3, -0.25) is 24.8 Å². The lowest BCUT2D eigenvalue weighted by Gasteiger charge is -2.22. The molecule has 0 bridgehead atoms. The highest BCUT2D eigenvalue weighted by molar-refractivity contribution is 6.14. The number of carbonyl (C=O) groups is 2. The van der Waals surface area contributed by atoms with Crippen LogP contribution in [-0.2, 0) is 4.79 Å². The van der Waals surface area contributed by atoms with Gasteiger partial charge < -0.3 is 0 Å². The molecule has 8 nitrogen and oxygen atoms in total. The van der Waals surface area contributed by atoms with Gasteiger partial charge >= 0.3 is 11.6 Å². The van der Waals surface area contributed by atoms with Crippen LogP contribution in [0.25, 0.3) is 11.2 Å². The molecule has 2 amide bonds. The van der Waals surface area contributed by atoms with Gasteiger partial charge in [0.05, 0.1) is 0 Å². The molecule has 0 aliphatic heterocycles. The fourth-order valence-electron chi connectivity index (χ4n) is 2.89. The third-order valence-electron chi connectivity index (χ3n) is 4.06. The van der Waals surface area contributed by atoms with Crippen molar-refractivity contribution < 1.29 is 14.6 Å². The van der Waals surface area contributed by atoms with Crippen molar-refractivity contribution in [3.05, 3.63) is 72.7 Å². The number of hydrogen-bond donors (Lipinski definition) is 2. The highest BCUT2D eigenvalue weighted by atomic mass is 16.2. The first-order chi connectivity index (χ1) is 13.6. The minimum Gasteiger partial charge on any atom is -0.280 e. The molecule has 0 atom stereocenters. The van der Waals surface area contributed by atoms with Gasteiger partial charge in [-0.05, 0) is 24.3 Å². The zero-order valence-electron chi connectivity index (χ0n) is 15.0. The molecule has 2 heterocycles. The number of nitrogens with zero attached hydrogens (tertiary/aromatic N) is 3. The summed E-state index contributed by atoms with van der Waals surface area (Å²) in [7, 11) is 0. The van der Waals surface area contributed by atoms with Gasteiger partial charge in [-0.1, -0.05) is 41.4 Å². The topological polar surface area (TPSA) is 105 Å². The summed E-state index contributed by atoms with van der Waals surface area (Å²) in [6, 6.07) is 18.6. The molecule has 0 aliphatic carbocycles. The first-order valence-electron chi connectivity index (χ1n) is 8.62. The number of amides is 2. The van der Waals surface area contributed by atoms with Gasteiger partial charge in [-0.25, -0.2) is 4.98 Å². The van der Waals surface area contributed by atoms with E-state index in [1.54, 1.807) is 11.2 Å². The zero-order chi connectivity index (χ0) is 19.5. The molecule has 0 saturated heterocycles. The molecule has 0 fully saturated rings. The van der Waals surface area contributed by atoms with E-state index < -0.39 is 0 Å². The second kappa shape index (κ2) is 7.28. The number of benzene rings is 2. The Morgan fingerprint density at radius 3 is 2.14 bits per heavy atom. The summed E-state index contributed by atoms with van der Waals surface area (Å²) < 4.78 is 0. The van der Waals surface area contributed by atoms with Crippen molar-refractivity contribution in [2.24, 2.45) is 0 Å². The largest absolute Gasteiger partial charge is 0.307 e. The Hall–Kier alpha value is -4.07. The minimum atomic E-state index is -0.354. The molecule has 0 spiro atoms. The summed E-state index contributed by atoms with van der Waals surface area (Å²) in [4.78, 5) is 41.0. The van der Waals surface area contributed by atoms with Gasteiger partial charge in [-0.2, -0.15) is 4.98 Å². The smallest absolute Gasteiger partial charge is 0.280 e. The minimum absolute atomic E-state index is 0.0558. The Kier molecular flexibility index (Phi) is 4.51. The second-order valence-electron chi connectivity index (χ2n) is 6.05. The van der Waals surface area contributed by atoms with E-state index >= 15 is 0 Å². The number of imidazole rings is 1. The van der Waals surface area contributed by atoms with Crippen LogP contribution < -0.4 is 15.2 Å². The first kappa shape index (κ1) is 17.3. The van der Waals surface area contributed by atoms with Gasteiger partial charge in [0.1, 0.15) is 0 Å². The molecule has 2 aromatic heterocycles. The Balaban J connectivity index is 1.88. The van der Waals surface area contributed by atoms with Crippen LogP contribution in [0.1, 0.15) is 17.4 Å². The van der Waals surface area contributed by atoms with Crippen LogP contribution in [-0.4, -0.2) is 26.8 Å². The van der Waals surface area contributed by atoms with Gasteiger partial charge in [0.2, 0.25) is 11.4 Å². The molecular weight excluding hydrogens is 356 g/mol. The number of aromatic amines is 2. The lowest BCUT2D eigenvalue weighted by molar-refractivity contribution is -0.347. The number of anilines is 3. The van der Waals surface area contributed by atoms with E-state index in [9.17, 15) is 9.59 Å². The van der Waals surface area contributed by atoms with E-state index in [2.05, 4.69) is 25.3 Å². The van der Waals surface area contributed by atoms with Crippen molar-refractivity contribution in [1.82, 2.24) is 15.0 Å². The van der Waals surface area contributed by atoms with E-state index in [4.69, 9.17) is 0 Å². The number of hydrogen-bond acceptors (Lipinski definition) is 4. The summed E-state index contributed by atoms with van der Waals surface area (Å²) in [6.07, 6.45) is 1.56. The van der Waals surface area contributed by atoms with E-state index in [-0.39, 0.29) is 23.5 Å². The van der Waals surface area contributed by atoms with Crippen molar-refractivity contribution in [3.8, 4) is 0 Å². The molecule has 2 aromatic carbocycles. The van der Waals surface area contributed by atoms with Gasteiger partial charge in [0, 0.05) is 18.3 Å². The average molecular weight is 373 g/mol. The highest BCUT2D eigenvalue weighted by Gasteiger charge is 2.28. The van der Waals surface area contributed by atoms with Crippen molar-refractivity contribution in [2.45, 2.75) is 6.92 Å². The van der Waals surface area contributed by atoms with Crippen LogP contribution in [0.2, 0.25) is 0 Å². The predicted octanol–water partition coefficient (Wildman–Crippen LogP) is 2.71. The van der Waals surface area contributed by atoms with Crippen LogP contribution in [0.3, 0.4) is 0 Å². The number of carbonyl (C=O) groups excluding carboxylic acids is 2. The highest BCUT2D eigenvalue weighted by Crippen LogP contribution is 2.28. The molecule has 3 N–H and O–H groups in total.